The van der Waals surface area contributed by atoms with Crippen molar-refractivity contribution < 1.29 is 4.42 Å². The molecule has 4 aromatic rings. The van der Waals surface area contributed by atoms with Gasteiger partial charge in [0.15, 0.2) is 11.0 Å². The van der Waals surface area contributed by atoms with E-state index in [1.165, 1.54) is 23.3 Å². The molecule has 0 aliphatic heterocycles. The number of hydrogen-bond acceptors (Lipinski definition) is 7. The predicted octanol–water partition coefficient (Wildman–Crippen LogP) is 4.97. The van der Waals surface area contributed by atoms with E-state index >= 15 is 0 Å². The van der Waals surface area contributed by atoms with Crippen molar-refractivity contribution in [1.82, 2.24) is 19.1 Å². The van der Waals surface area contributed by atoms with Crippen LogP contribution < -0.4 is 0 Å². The number of rotatable bonds is 4. The molecule has 1 aromatic carbocycles. The molecular weight excluding hydrogens is 390 g/mol. The zero-order chi connectivity index (χ0) is 18.1. The molecule has 0 fully saturated rings. The fraction of sp³-hybridized carbons (Fsp3) is 0.0588. The van der Waals surface area contributed by atoms with Crippen molar-refractivity contribution in [3.05, 3.63) is 59.1 Å². The quantitative estimate of drug-likeness (QED) is 0.482. The van der Waals surface area contributed by atoms with Gasteiger partial charge >= 0.3 is 0 Å². The molecule has 0 unspecified atom stereocenters. The van der Waals surface area contributed by atoms with E-state index in [4.69, 9.17) is 16.0 Å². The van der Waals surface area contributed by atoms with Crippen molar-refractivity contribution in [2.24, 2.45) is 0 Å². The van der Waals surface area contributed by atoms with E-state index in [9.17, 15) is 5.26 Å². The summed E-state index contributed by atoms with van der Waals surface area (Å²) in [5, 5.41) is 18.8. The summed E-state index contributed by atoms with van der Waals surface area (Å²) in [6.45, 7) is 1.88. The summed E-state index contributed by atoms with van der Waals surface area (Å²) in [6, 6.07) is 13.7. The van der Waals surface area contributed by atoms with E-state index in [2.05, 4.69) is 20.6 Å². The summed E-state index contributed by atoms with van der Waals surface area (Å²) in [7, 11) is 0. The maximum absolute atomic E-state index is 9.31. The largest absolute Gasteiger partial charge is 0.469 e. The first-order chi connectivity index (χ1) is 12.7. The van der Waals surface area contributed by atoms with E-state index in [-0.39, 0.29) is 5.15 Å². The first-order valence-corrected chi connectivity index (χ1v) is 9.44. The summed E-state index contributed by atoms with van der Waals surface area (Å²) < 4.78 is 12.1. The van der Waals surface area contributed by atoms with Gasteiger partial charge in [-0.15, -0.1) is 10.2 Å². The lowest BCUT2D eigenvalue weighted by Gasteiger charge is -2.09. The average Bonchev–Trinajstić information content (AvgIpc) is 3.35. The highest BCUT2D eigenvalue weighted by molar-refractivity contribution is 8.01. The van der Waals surface area contributed by atoms with Crippen LogP contribution in [0.15, 0.2) is 56.4 Å². The molecule has 0 aliphatic rings. The van der Waals surface area contributed by atoms with Crippen molar-refractivity contribution in [1.29, 1.82) is 5.26 Å². The van der Waals surface area contributed by atoms with E-state index in [0.717, 1.165) is 17.0 Å². The number of benzene rings is 1. The number of hydrogen-bond donors (Lipinski definition) is 0. The third kappa shape index (κ3) is 2.90. The SMILES string of the molecule is Cc1occc1-c1nnc(Sc2snc(Cl)c2C#N)n1-c1ccccc1. The third-order valence-electron chi connectivity index (χ3n) is 3.66. The summed E-state index contributed by atoms with van der Waals surface area (Å²) in [6.07, 6.45) is 1.62. The van der Waals surface area contributed by atoms with Gasteiger partial charge in [-0.2, -0.15) is 9.64 Å². The van der Waals surface area contributed by atoms with E-state index in [1.54, 1.807) is 6.26 Å². The Morgan fingerprint density at radius 2 is 2.04 bits per heavy atom. The van der Waals surface area contributed by atoms with Gasteiger partial charge in [0, 0.05) is 5.69 Å². The highest BCUT2D eigenvalue weighted by Crippen LogP contribution is 2.38. The zero-order valence-electron chi connectivity index (χ0n) is 13.4. The van der Waals surface area contributed by atoms with Crippen LogP contribution in [0.2, 0.25) is 5.15 Å². The second kappa shape index (κ2) is 6.96. The van der Waals surface area contributed by atoms with E-state index < -0.39 is 0 Å². The minimum Gasteiger partial charge on any atom is -0.469 e. The van der Waals surface area contributed by atoms with Crippen LogP contribution in [0.1, 0.15) is 11.3 Å². The molecule has 0 atom stereocenters. The molecular formula is C17H10ClN5OS2. The number of nitriles is 1. The van der Waals surface area contributed by atoms with Crippen LogP contribution in [0.3, 0.4) is 0 Å². The second-order valence-electron chi connectivity index (χ2n) is 5.22. The topological polar surface area (TPSA) is 80.5 Å². The Kier molecular flexibility index (Phi) is 4.51. The number of para-hydroxylation sites is 1. The molecule has 26 heavy (non-hydrogen) atoms. The molecule has 3 heterocycles. The van der Waals surface area contributed by atoms with Gasteiger partial charge in [-0.05, 0) is 48.4 Å². The molecule has 0 saturated carbocycles. The molecule has 0 spiro atoms. The molecule has 128 valence electrons. The fourth-order valence-electron chi connectivity index (χ4n) is 2.44. The lowest BCUT2D eigenvalue weighted by atomic mass is 10.2. The maximum Gasteiger partial charge on any atom is 0.201 e. The van der Waals surface area contributed by atoms with Crippen molar-refractivity contribution in [2.75, 3.05) is 0 Å². The van der Waals surface area contributed by atoms with Gasteiger partial charge < -0.3 is 4.42 Å². The van der Waals surface area contributed by atoms with Gasteiger partial charge in [-0.25, -0.2) is 0 Å². The molecule has 4 rings (SSSR count). The monoisotopic (exact) mass is 399 g/mol. The molecule has 9 heteroatoms. The number of halogens is 1. The van der Waals surface area contributed by atoms with Crippen LogP contribution >= 0.6 is 34.9 Å². The number of furan rings is 1. The van der Waals surface area contributed by atoms with Gasteiger partial charge in [-0.1, -0.05) is 29.8 Å². The number of nitrogens with zero attached hydrogens (tertiary/aromatic N) is 5. The zero-order valence-corrected chi connectivity index (χ0v) is 15.8. The van der Waals surface area contributed by atoms with Crippen molar-refractivity contribution in [2.45, 2.75) is 16.3 Å². The minimum absolute atomic E-state index is 0.205. The summed E-state index contributed by atoms with van der Waals surface area (Å²) in [4.78, 5) is 0. The highest BCUT2D eigenvalue weighted by Gasteiger charge is 2.22. The summed E-state index contributed by atoms with van der Waals surface area (Å²) in [5.74, 6) is 1.42. The summed E-state index contributed by atoms with van der Waals surface area (Å²) in [5.41, 5.74) is 2.12. The van der Waals surface area contributed by atoms with Crippen molar-refractivity contribution in [3.8, 4) is 23.1 Å². The molecule has 0 bridgehead atoms. The highest BCUT2D eigenvalue weighted by atomic mass is 35.5. The second-order valence-corrected chi connectivity index (χ2v) is 7.58. The van der Waals surface area contributed by atoms with Crippen LogP contribution in [-0.4, -0.2) is 19.1 Å². The van der Waals surface area contributed by atoms with Crippen LogP contribution in [0.25, 0.3) is 17.1 Å². The van der Waals surface area contributed by atoms with Gasteiger partial charge in [0.2, 0.25) is 5.16 Å². The molecule has 6 nitrogen and oxygen atoms in total. The lowest BCUT2D eigenvalue weighted by molar-refractivity contribution is 0.535. The third-order valence-corrected chi connectivity index (χ3v) is 5.99. The Morgan fingerprint density at radius 1 is 1.23 bits per heavy atom. The normalized spacial score (nSPS) is 10.8. The fourth-order valence-corrected chi connectivity index (χ4v) is 4.54. The Labute approximate surface area is 162 Å². The van der Waals surface area contributed by atoms with Crippen LogP contribution in [0, 0.1) is 18.3 Å². The first-order valence-electron chi connectivity index (χ1n) is 7.47. The number of aryl methyl sites for hydroxylation is 1. The smallest absolute Gasteiger partial charge is 0.201 e. The van der Waals surface area contributed by atoms with Gasteiger partial charge in [-0.3, -0.25) is 4.57 Å². The Bertz CT molecular complexity index is 1110. The molecule has 3 aromatic heterocycles. The lowest BCUT2D eigenvalue weighted by Crippen LogP contribution is -1.99. The maximum atomic E-state index is 9.31. The van der Waals surface area contributed by atoms with E-state index in [0.29, 0.717) is 20.8 Å². The predicted molar refractivity (Wildman–Crippen MR) is 99.8 cm³/mol. The number of aromatic nitrogens is 4. The average molecular weight is 400 g/mol. The molecule has 0 radical (unpaired) electrons. The Balaban J connectivity index is 1.87. The molecule has 0 N–H and O–H groups in total. The Hall–Kier alpha value is -2.60. The first kappa shape index (κ1) is 16.8. The van der Waals surface area contributed by atoms with Gasteiger partial charge in [0.05, 0.1) is 11.8 Å². The summed E-state index contributed by atoms with van der Waals surface area (Å²) >= 11 is 8.46. The Morgan fingerprint density at radius 3 is 2.73 bits per heavy atom. The molecule has 0 amide bonds. The molecule has 0 saturated heterocycles. The van der Waals surface area contributed by atoms with E-state index in [1.807, 2.05) is 47.9 Å². The van der Waals surface area contributed by atoms with Crippen LogP contribution in [-0.2, 0) is 0 Å². The van der Waals surface area contributed by atoms with Gasteiger partial charge in [0.25, 0.3) is 0 Å². The van der Waals surface area contributed by atoms with Crippen molar-refractivity contribution in [3.63, 3.8) is 0 Å². The minimum atomic E-state index is 0.205. The standard InChI is InChI=1S/C17H10ClN5OS2/c1-10-12(7-8-24-10)15-20-21-17(23(15)11-5-3-2-4-6-11)25-16-13(9-19)14(18)22-26-16/h2-8H,1H3. The van der Waals surface area contributed by atoms with Crippen LogP contribution in [0.5, 0.6) is 0 Å². The van der Waals surface area contributed by atoms with Crippen molar-refractivity contribution >= 4 is 34.9 Å². The molecule has 0 aliphatic carbocycles. The van der Waals surface area contributed by atoms with Gasteiger partial charge in [0.1, 0.15) is 21.6 Å². The van der Waals surface area contributed by atoms with Crippen LogP contribution in [0.4, 0.5) is 0 Å².